The molecule has 10 nitrogen and oxygen atoms in total. The van der Waals surface area contributed by atoms with Gasteiger partial charge in [0, 0.05) is 42.6 Å². The van der Waals surface area contributed by atoms with Crippen molar-refractivity contribution in [2.75, 3.05) is 30.3 Å². The minimum absolute atomic E-state index is 0.197. The second-order valence-electron chi connectivity index (χ2n) is 10.3. The number of alkyl carbamates (subject to hydrolysis) is 1. The summed E-state index contributed by atoms with van der Waals surface area (Å²) in [5, 5.41) is 19.0. The van der Waals surface area contributed by atoms with Crippen LogP contribution in [0, 0.1) is 11.5 Å². The normalized spacial score (nSPS) is 14.7. The zero-order valence-corrected chi connectivity index (χ0v) is 25.2. The summed E-state index contributed by atoms with van der Waals surface area (Å²) in [6.45, 7) is 1.77. The van der Waals surface area contributed by atoms with Gasteiger partial charge in [0.25, 0.3) is 0 Å². The SMILES string of the molecule is N#CN=C(Nc1ccc(CNC(=O)OCc2ccccc2)cc1)N1CCN(C(=O)Nc2ccc(Cl)cc2)C(c2ccccc2)C1. The summed E-state index contributed by atoms with van der Waals surface area (Å²) >= 11 is 6.00. The molecule has 5 rings (SSSR count). The van der Waals surface area contributed by atoms with E-state index >= 15 is 0 Å². The van der Waals surface area contributed by atoms with Gasteiger partial charge in [0.15, 0.2) is 0 Å². The second kappa shape index (κ2) is 15.3. The Labute approximate surface area is 266 Å². The summed E-state index contributed by atoms with van der Waals surface area (Å²) in [6, 6.07) is 33.1. The van der Waals surface area contributed by atoms with Gasteiger partial charge < -0.3 is 30.5 Å². The van der Waals surface area contributed by atoms with E-state index < -0.39 is 6.09 Å². The van der Waals surface area contributed by atoms with Crippen molar-refractivity contribution in [3.63, 3.8) is 0 Å². The molecule has 3 amide bonds. The lowest BCUT2D eigenvalue weighted by Gasteiger charge is -2.42. The first-order chi connectivity index (χ1) is 22.0. The molecule has 0 saturated carbocycles. The van der Waals surface area contributed by atoms with E-state index in [-0.39, 0.29) is 18.7 Å². The van der Waals surface area contributed by atoms with Crippen LogP contribution in [0.4, 0.5) is 21.0 Å². The summed E-state index contributed by atoms with van der Waals surface area (Å²) in [5.74, 6) is 0.381. The number of guanidine groups is 1. The molecule has 1 fully saturated rings. The van der Waals surface area contributed by atoms with Crippen molar-refractivity contribution >= 4 is 41.1 Å². The van der Waals surface area contributed by atoms with Gasteiger partial charge in [-0.1, -0.05) is 84.4 Å². The largest absolute Gasteiger partial charge is 0.445 e. The number of hydrogen-bond donors (Lipinski definition) is 3. The molecule has 3 N–H and O–H groups in total. The molecule has 0 bridgehead atoms. The van der Waals surface area contributed by atoms with Gasteiger partial charge in [0.2, 0.25) is 12.2 Å². The fourth-order valence-electron chi connectivity index (χ4n) is 4.92. The fourth-order valence-corrected chi connectivity index (χ4v) is 5.04. The highest BCUT2D eigenvalue weighted by molar-refractivity contribution is 6.30. The summed E-state index contributed by atoms with van der Waals surface area (Å²) in [4.78, 5) is 33.3. The average molecular weight is 622 g/mol. The van der Waals surface area contributed by atoms with Crippen LogP contribution in [0.15, 0.2) is 114 Å². The van der Waals surface area contributed by atoms with E-state index in [2.05, 4.69) is 20.9 Å². The number of hydrogen-bond acceptors (Lipinski definition) is 5. The predicted octanol–water partition coefficient (Wildman–Crippen LogP) is 6.61. The topological polar surface area (TPSA) is 122 Å². The van der Waals surface area contributed by atoms with Crippen LogP contribution in [0.3, 0.4) is 0 Å². The molecular formula is C34H32ClN7O3. The maximum atomic E-state index is 13.4. The molecule has 0 spiro atoms. The quantitative estimate of drug-likeness (QED) is 0.121. The summed E-state index contributed by atoms with van der Waals surface area (Å²) < 4.78 is 5.27. The standard InChI is InChI=1S/C34H32ClN7O3/c35-28-13-17-30(18-14-28)40-33(43)42-20-19-41(22-31(42)27-9-5-2-6-10-27)32(38-24-36)39-29-15-11-25(12-16-29)21-37-34(44)45-23-26-7-3-1-4-8-26/h1-18,31H,19-23H2,(H,37,44)(H,38,39)(H,40,43). The number of aliphatic imine (C=N–C) groups is 1. The van der Waals surface area contributed by atoms with E-state index in [9.17, 15) is 14.9 Å². The van der Waals surface area contributed by atoms with E-state index in [1.807, 2.05) is 96.0 Å². The highest BCUT2D eigenvalue weighted by Crippen LogP contribution is 2.27. The first-order valence-corrected chi connectivity index (χ1v) is 14.8. The zero-order chi connectivity index (χ0) is 31.4. The third kappa shape index (κ3) is 8.75. The maximum Gasteiger partial charge on any atom is 0.407 e. The third-order valence-corrected chi connectivity index (χ3v) is 7.49. The Morgan fingerprint density at radius 2 is 1.49 bits per heavy atom. The highest BCUT2D eigenvalue weighted by Gasteiger charge is 2.33. The smallest absolute Gasteiger partial charge is 0.407 e. The molecule has 11 heteroatoms. The summed E-state index contributed by atoms with van der Waals surface area (Å²) in [6.07, 6.45) is 1.40. The van der Waals surface area contributed by atoms with E-state index in [0.717, 1.165) is 22.4 Å². The van der Waals surface area contributed by atoms with Gasteiger partial charge in [-0.25, -0.2) is 9.59 Å². The van der Waals surface area contributed by atoms with Gasteiger partial charge >= 0.3 is 12.1 Å². The Hall–Kier alpha value is -5.53. The molecule has 228 valence electrons. The first-order valence-electron chi connectivity index (χ1n) is 14.4. The minimum atomic E-state index is -0.501. The van der Waals surface area contributed by atoms with Gasteiger partial charge in [-0.15, -0.1) is 4.99 Å². The number of ether oxygens (including phenoxy) is 1. The Morgan fingerprint density at radius 1 is 0.844 bits per heavy atom. The maximum absolute atomic E-state index is 13.4. The number of carbonyl (C=O) groups excluding carboxylic acids is 2. The van der Waals surface area contributed by atoms with Crippen LogP contribution in [0.1, 0.15) is 22.7 Å². The van der Waals surface area contributed by atoms with E-state index in [4.69, 9.17) is 16.3 Å². The van der Waals surface area contributed by atoms with Crippen molar-refractivity contribution in [2.24, 2.45) is 4.99 Å². The molecule has 0 radical (unpaired) electrons. The van der Waals surface area contributed by atoms with Crippen molar-refractivity contribution in [1.82, 2.24) is 15.1 Å². The van der Waals surface area contributed by atoms with Crippen molar-refractivity contribution in [2.45, 2.75) is 19.2 Å². The van der Waals surface area contributed by atoms with Crippen molar-refractivity contribution in [3.8, 4) is 6.19 Å². The Balaban J connectivity index is 1.21. The van der Waals surface area contributed by atoms with E-state index in [0.29, 0.717) is 42.8 Å². The Morgan fingerprint density at radius 3 is 2.18 bits per heavy atom. The molecule has 1 aliphatic heterocycles. The van der Waals surface area contributed by atoms with Gasteiger partial charge in [0.05, 0.1) is 6.04 Å². The van der Waals surface area contributed by atoms with Crippen LogP contribution in [-0.4, -0.2) is 47.5 Å². The van der Waals surface area contributed by atoms with Gasteiger partial charge in [-0.2, -0.15) is 5.26 Å². The van der Waals surface area contributed by atoms with Gasteiger partial charge in [-0.3, -0.25) is 0 Å². The number of benzene rings is 4. The Kier molecular flexibility index (Phi) is 10.5. The van der Waals surface area contributed by atoms with Crippen LogP contribution < -0.4 is 16.0 Å². The molecule has 1 heterocycles. The van der Waals surface area contributed by atoms with Crippen LogP contribution in [0.5, 0.6) is 0 Å². The number of amides is 3. The molecule has 1 unspecified atom stereocenters. The molecule has 1 atom stereocenters. The van der Waals surface area contributed by atoms with Crippen LogP contribution >= 0.6 is 11.6 Å². The summed E-state index contributed by atoms with van der Waals surface area (Å²) in [7, 11) is 0. The van der Waals surface area contributed by atoms with Crippen LogP contribution in [0.2, 0.25) is 5.02 Å². The summed E-state index contributed by atoms with van der Waals surface area (Å²) in [5.41, 5.74) is 4.12. The molecule has 0 aromatic heterocycles. The second-order valence-corrected chi connectivity index (χ2v) is 10.7. The van der Waals surface area contributed by atoms with Crippen LogP contribution in [-0.2, 0) is 17.9 Å². The van der Waals surface area contributed by atoms with Crippen molar-refractivity contribution in [1.29, 1.82) is 5.26 Å². The average Bonchev–Trinajstić information content (AvgIpc) is 3.08. The monoisotopic (exact) mass is 621 g/mol. The molecule has 0 aliphatic carbocycles. The first kappa shape index (κ1) is 30.9. The molecular weight excluding hydrogens is 590 g/mol. The van der Waals surface area contributed by atoms with E-state index in [1.165, 1.54) is 0 Å². The number of carbonyl (C=O) groups is 2. The predicted molar refractivity (Wildman–Crippen MR) is 175 cm³/mol. The fraction of sp³-hybridized carbons (Fsp3) is 0.176. The van der Waals surface area contributed by atoms with Crippen molar-refractivity contribution in [3.05, 3.63) is 131 Å². The molecule has 4 aromatic carbocycles. The molecule has 4 aromatic rings. The van der Waals surface area contributed by atoms with Gasteiger partial charge in [-0.05, 0) is 53.1 Å². The lowest BCUT2D eigenvalue weighted by Crippen LogP contribution is -2.54. The molecule has 1 saturated heterocycles. The zero-order valence-electron chi connectivity index (χ0n) is 24.4. The van der Waals surface area contributed by atoms with Crippen LogP contribution in [0.25, 0.3) is 0 Å². The molecule has 45 heavy (non-hydrogen) atoms. The number of urea groups is 1. The lowest BCUT2D eigenvalue weighted by molar-refractivity contribution is 0.136. The molecule has 1 aliphatic rings. The minimum Gasteiger partial charge on any atom is -0.445 e. The number of nitrogens with zero attached hydrogens (tertiary/aromatic N) is 4. The van der Waals surface area contributed by atoms with E-state index in [1.54, 1.807) is 29.2 Å². The third-order valence-electron chi connectivity index (χ3n) is 7.24. The number of nitrogens with one attached hydrogen (secondary N) is 3. The van der Waals surface area contributed by atoms with Crippen molar-refractivity contribution < 1.29 is 14.3 Å². The highest BCUT2D eigenvalue weighted by atomic mass is 35.5. The number of halogens is 1. The number of piperazine rings is 1. The lowest BCUT2D eigenvalue weighted by atomic mass is 10.0. The number of anilines is 2. The number of nitriles is 1. The number of rotatable bonds is 7. The van der Waals surface area contributed by atoms with Gasteiger partial charge in [0.1, 0.15) is 6.61 Å². The Bertz CT molecular complexity index is 1640.